The standard InChI is InChI=1S/C11H19N3/c1-8-7-14(4)13-9(8)10(2,3)11(12)5-6-11/h7H,5-6,12H2,1-4H3. The fraction of sp³-hybridized carbons (Fsp3) is 0.727. The molecule has 1 aliphatic rings. The summed E-state index contributed by atoms with van der Waals surface area (Å²) < 4.78 is 1.87. The second kappa shape index (κ2) is 2.60. The first kappa shape index (κ1) is 9.71. The minimum Gasteiger partial charge on any atom is -0.324 e. The van der Waals surface area contributed by atoms with Crippen LogP contribution in [0, 0.1) is 6.92 Å². The van der Waals surface area contributed by atoms with E-state index < -0.39 is 0 Å². The van der Waals surface area contributed by atoms with Crippen molar-refractivity contribution in [3.8, 4) is 0 Å². The van der Waals surface area contributed by atoms with Gasteiger partial charge in [-0.05, 0) is 25.3 Å². The zero-order valence-corrected chi connectivity index (χ0v) is 9.46. The molecule has 1 saturated carbocycles. The molecule has 1 aromatic rings. The van der Waals surface area contributed by atoms with Gasteiger partial charge in [0.05, 0.1) is 5.69 Å². The number of aryl methyl sites for hydroxylation is 2. The average molecular weight is 193 g/mol. The smallest absolute Gasteiger partial charge is 0.0728 e. The molecule has 0 aromatic carbocycles. The van der Waals surface area contributed by atoms with E-state index in [4.69, 9.17) is 5.73 Å². The molecule has 0 saturated heterocycles. The van der Waals surface area contributed by atoms with Crippen LogP contribution in [0.3, 0.4) is 0 Å². The minimum atomic E-state index is -0.0217. The Bertz CT molecular complexity index is 359. The van der Waals surface area contributed by atoms with Gasteiger partial charge in [-0.3, -0.25) is 4.68 Å². The highest BCUT2D eigenvalue weighted by Crippen LogP contribution is 2.49. The highest BCUT2D eigenvalue weighted by molar-refractivity contribution is 5.31. The van der Waals surface area contributed by atoms with E-state index in [2.05, 4.69) is 32.1 Å². The minimum absolute atomic E-state index is 0.00164. The highest BCUT2D eigenvalue weighted by Gasteiger charge is 2.53. The van der Waals surface area contributed by atoms with E-state index in [1.54, 1.807) is 0 Å². The molecule has 0 atom stereocenters. The number of aromatic nitrogens is 2. The van der Waals surface area contributed by atoms with Crippen LogP contribution in [0.2, 0.25) is 0 Å². The molecule has 1 aromatic heterocycles. The summed E-state index contributed by atoms with van der Waals surface area (Å²) in [6.07, 6.45) is 4.30. The summed E-state index contributed by atoms with van der Waals surface area (Å²) in [5.41, 5.74) is 8.66. The lowest BCUT2D eigenvalue weighted by atomic mass is 9.78. The van der Waals surface area contributed by atoms with Gasteiger partial charge in [-0.1, -0.05) is 13.8 Å². The van der Waals surface area contributed by atoms with Gasteiger partial charge in [0.1, 0.15) is 0 Å². The van der Waals surface area contributed by atoms with Gasteiger partial charge < -0.3 is 5.73 Å². The average Bonchev–Trinajstić information content (AvgIpc) is 2.72. The topological polar surface area (TPSA) is 43.8 Å². The monoisotopic (exact) mass is 193 g/mol. The third kappa shape index (κ3) is 1.19. The Hall–Kier alpha value is -0.830. The Labute approximate surface area is 85.3 Å². The molecule has 0 spiro atoms. The van der Waals surface area contributed by atoms with Gasteiger partial charge in [0, 0.05) is 24.2 Å². The summed E-state index contributed by atoms with van der Waals surface area (Å²) >= 11 is 0. The Kier molecular flexibility index (Phi) is 1.80. The van der Waals surface area contributed by atoms with Gasteiger partial charge in [0.25, 0.3) is 0 Å². The molecule has 1 heterocycles. The van der Waals surface area contributed by atoms with Crippen LogP contribution in [0.5, 0.6) is 0 Å². The molecule has 78 valence electrons. The molecule has 14 heavy (non-hydrogen) atoms. The summed E-state index contributed by atoms with van der Waals surface area (Å²) in [5.74, 6) is 0. The highest BCUT2D eigenvalue weighted by atomic mass is 15.3. The van der Waals surface area contributed by atoms with Crippen LogP contribution in [-0.2, 0) is 12.5 Å². The van der Waals surface area contributed by atoms with Crippen LogP contribution in [0.25, 0.3) is 0 Å². The molecule has 0 unspecified atom stereocenters. The lowest BCUT2D eigenvalue weighted by molar-refractivity contribution is 0.376. The van der Waals surface area contributed by atoms with Crippen molar-refractivity contribution in [3.05, 3.63) is 17.5 Å². The second-order valence-corrected chi connectivity index (χ2v) is 5.12. The van der Waals surface area contributed by atoms with Crippen LogP contribution >= 0.6 is 0 Å². The van der Waals surface area contributed by atoms with Gasteiger partial charge in [-0.2, -0.15) is 5.10 Å². The first-order valence-electron chi connectivity index (χ1n) is 5.16. The SMILES string of the molecule is Cc1cn(C)nc1C(C)(C)C1(N)CC1. The maximum absolute atomic E-state index is 6.29. The van der Waals surface area contributed by atoms with E-state index in [-0.39, 0.29) is 11.0 Å². The first-order chi connectivity index (χ1) is 6.37. The summed E-state index contributed by atoms with van der Waals surface area (Å²) in [6.45, 7) is 6.51. The summed E-state index contributed by atoms with van der Waals surface area (Å²) in [5, 5.41) is 4.53. The van der Waals surface area contributed by atoms with Gasteiger partial charge >= 0.3 is 0 Å². The van der Waals surface area contributed by atoms with Crippen molar-refractivity contribution in [3.63, 3.8) is 0 Å². The third-order valence-electron chi connectivity index (χ3n) is 3.64. The predicted molar refractivity (Wildman–Crippen MR) is 57.1 cm³/mol. The Morgan fingerprint density at radius 1 is 1.50 bits per heavy atom. The molecule has 0 bridgehead atoms. The van der Waals surface area contributed by atoms with Gasteiger partial charge in [0.2, 0.25) is 0 Å². The zero-order chi connectivity index (χ0) is 10.6. The molecule has 2 N–H and O–H groups in total. The molecule has 0 amide bonds. The van der Waals surface area contributed by atoms with E-state index >= 15 is 0 Å². The second-order valence-electron chi connectivity index (χ2n) is 5.12. The zero-order valence-electron chi connectivity index (χ0n) is 9.46. The Balaban J connectivity index is 2.43. The summed E-state index contributed by atoms with van der Waals surface area (Å²) in [6, 6.07) is 0. The van der Waals surface area contributed by atoms with Crippen molar-refractivity contribution >= 4 is 0 Å². The fourth-order valence-electron chi connectivity index (χ4n) is 2.22. The fourth-order valence-corrected chi connectivity index (χ4v) is 2.22. The molecule has 3 heteroatoms. The molecule has 3 nitrogen and oxygen atoms in total. The van der Waals surface area contributed by atoms with Gasteiger partial charge in [-0.15, -0.1) is 0 Å². The summed E-state index contributed by atoms with van der Waals surface area (Å²) in [7, 11) is 1.96. The number of rotatable bonds is 2. The lowest BCUT2D eigenvalue weighted by Crippen LogP contribution is -2.44. The van der Waals surface area contributed by atoms with Crippen LogP contribution in [0.15, 0.2) is 6.20 Å². The molecular weight excluding hydrogens is 174 g/mol. The van der Waals surface area contributed by atoms with Crippen molar-refractivity contribution < 1.29 is 0 Å². The van der Waals surface area contributed by atoms with Crippen molar-refractivity contribution in [2.24, 2.45) is 12.8 Å². The van der Waals surface area contributed by atoms with Crippen LogP contribution in [-0.4, -0.2) is 15.3 Å². The first-order valence-corrected chi connectivity index (χ1v) is 5.16. The number of nitrogens with zero attached hydrogens (tertiary/aromatic N) is 2. The molecule has 2 rings (SSSR count). The molecule has 0 aliphatic heterocycles. The Morgan fingerprint density at radius 3 is 2.43 bits per heavy atom. The maximum atomic E-state index is 6.29. The summed E-state index contributed by atoms with van der Waals surface area (Å²) in [4.78, 5) is 0. The van der Waals surface area contributed by atoms with E-state index in [9.17, 15) is 0 Å². The maximum Gasteiger partial charge on any atom is 0.0728 e. The molecule has 1 aliphatic carbocycles. The number of hydrogen-bond acceptors (Lipinski definition) is 2. The van der Waals surface area contributed by atoms with Crippen molar-refractivity contribution in [1.29, 1.82) is 0 Å². The van der Waals surface area contributed by atoms with Crippen molar-refractivity contribution in [2.75, 3.05) is 0 Å². The largest absolute Gasteiger partial charge is 0.324 e. The van der Waals surface area contributed by atoms with Crippen molar-refractivity contribution in [2.45, 2.75) is 44.6 Å². The van der Waals surface area contributed by atoms with E-state index in [0.29, 0.717) is 0 Å². The normalized spacial score (nSPS) is 19.8. The van der Waals surface area contributed by atoms with Crippen LogP contribution in [0.1, 0.15) is 37.9 Å². The predicted octanol–water partition coefficient (Wildman–Crippen LogP) is 1.50. The lowest BCUT2D eigenvalue weighted by Gasteiger charge is -2.30. The number of hydrogen-bond donors (Lipinski definition) is 1. The van der Waals surface area contributed by atoms with Gasteiger partial charge in [-0.25, -0.2) is 0 Å². The molecule has 1 fully saturated rings. The Morgan fingerprint density at radius 2 is 2.07 bits per heavy atom. The van der Waals surface area contributed by atoms with Crippen LogP contribution in [0.4, 0.5) is 0 Å². The third-order valence-corrected chi connectivity index (χ3v) is 3.64. The quantitative estimate of drug-likeness (QED) is 0.773. The van der Waals surface area contributed by atoms with E-state index in [1.807, 2.05) is 11.7 Å². The van der Waals surface area contributed by atoms with Crippen molar-refractivity contribution in [1.82, 2.24) is 9.78 Å². The van der Waals surface area contributed by atoms with Gasteiger partial charge in [0.15, 0.2) is 0 Å². The van der Waals surface area contributed by atoms with Crippen LogP contribution < -0.4 is 5.73 Å². The molecule has 0 radical (unpaired) electrons. The molecular formula is C11H19N3. The van der Waals surface area contributed by atoms with E-state index in [1.165, 1.54) is 5.56 Å². The number of nitrogens with two attached hydrogens (primary N) is 1. The van der Waals surface area contributed by atoms with E-state index in [0.717, 1.165) is 18.5 Å².